The van der Waals surface area contributed by atoms with Crippen LogP contribution in [0.2, 0.25) is 0 Å². The van der Waals surface area contributed by atoms with Gasteiger partial charge in [0.1, 0.15) is 5.41 Å². The molecule has 0 saturated carbocycles. The van der Waals surface area contributed by atoms with Gasteiger partial charge in [0, 0.05) is 16.7 Å². The first-order chi connectivity index (χ1) is 25.9. The Balaban J connectivity index is 1.19. The van der Waals surface area contributed by atoms with E-state index < -0.39 is 109 Å². The van der Waals surface area contributed by atoms with Crippen molar-refractivity contribution in [3.8, 4) is 0 Å². The lowest BCUT2D eigenvalue weighted by Gasteiger charge is -2.40. The Morgan fingerprint density at radius 3 is 0.786 bits per heavy atom. The SMILES string of the molecule is FC(F)(F)C1(c2ccc(COCC(COCc3ccc(C4(C(F)(F)F)N=N4)cc3)(COCc3ccc(C4(C(F)(F)F)N=N4)cc3)C(F)(F)C(F)(F)F)cc2)N=N1. The fourth-order valence-corrected chi connectivity index (χ4v) is 5.62. The summed E-state index contributed by atoms with van der Waals surface area (Å²) in [4.78, 5) is 0. The van der Waals surface area contributed by atoms with Crippen LogP contribution in [0.1, 0.15) is 33.4 Å². The smallest absolute Gasteiger partial charge is 0.376 e. The van der Waals surface area contributed by atoms with Gasteiger partial charge >= 0.3 is 47.6 Å². The molecule has 3 aromatic carbocycles. The number of ether oxygens (including phenoxy) is 3. The van der Waals surface area contributed by atoms with Crippen molar-refractivity contribution in [2.24, 2.45) is 36.1 Å². The molecule has 0 atom stereocenters. The second kappa shape index (κ2) is 13.8. The molecule has 0 fully saturated rings. The van der Waals surface area contributed by atoms with Gasteiger partial charge < -0.3 is 14.2 Å². The van der Waals surface area contributed by atoms with E-state index in [1.807, 2.05) is 0 Å². The van der Waals surface area contributed by atoms with Crippen molar-refractivity contribution < 1.29 is 75.7 Å². The molecule has 3 heterocycles. The van der Waals surface area contributed by atoms with Crippen molar-refractivity contribution >= 4 is 0 Å². The van der Waals surface area contributed by atoms with Crippen LogP contribution < -0.4 is 0 Å². The Morgan fingerprint density at radius 2 is 0.607 bits per heavy atom. The number of nitrogens with zero attached hydrogens (tertiary/aromatic N) is 6. The van der Waals surface area contributed by atoms with Crippen LogP contribution in [-0.2, 0) is 51.0 Å². The van der Waals surface area contributed by atoms with Crippen LogP contribution >= 0.6 is 0 Å². The zero-order valence-corrected chi connectivity index (χ0v) is 27.9. The van der Waals surface area contributed by atoms with Gasteiger partial charge in [0.15, 0.2) is 0 Å². The summed E-state index contributed by atoms with van der Waals surface area (Å²) in [7, 11) is 0. The molecule has 0 amide bonds. The molecule has 23 heteroatoms. The zero-order valence-electron chi connectivity index (χ0n) is 27.9. The first-order valence-electron chi connectivity index (χ1n) is 15.9. The van der Waals surface area contributed by atoms with E-state index in [2.05, 4.69) is 30.7 Å². The summed E-state index contributed by atoms with van der Waals surface area (Å²) in [5.41, 5.74) is -12.8. The van der Waals surface area contributed by atoms with Crippen LogP contribution in [0.15, 0.2) is 103 Å². The van der Waals surface area contributed by atoms with Gasteiger partial charge in [-0.05, 0) is 16.7 Å². The molecule has 3 aliphatic rings. The molecule has 9 nitrogen and oxygen atoms in total. The zero-order chi connectivity index (χ0) is 41.1. The molecule has 56 heavy (non-hydrogen) atoms. The highest BCUT2D eigenvalue weighted by molar-refractivity contribution is 5.34. The summed E-state index contributed by atoms with van der Waals surface area (Å²) >= 11 is 0. The third kappa shape index (κ3) is 7.46. The molecule has 3 aliphatic heterocycles. The van der Waals surface area contributed by atoms with Crippen molar-refractivity contribution in [2.75, 3.05) is 19.8 Å². The molecular weight excluding hydrogens is 794 g/mol. The molecule has 3 aromatic rings. The molecule has 0 aromatic heterocycles. The van der Waals surface area contributed by atoms with Gasteiger partial charge in [-0.2, -0.15) is 61.5 Å². The maximum absolute atomic E-state index is 15.6. The minimum atomic E-state index is -6.25. The fourth-order valence-electron chi connectivity index (χ4n) is 5.62. The molecular formula is C33H24F14N6O3. The van der Waals surface area contributed by atoms with E-state index in [0.717, 1.165) is 72.8 Å². The van der Waals surface area contributed by atoms with Crippen LogP contribution in [0.25, 0.3) is 0 Å². The maximum Gasteiger partial charge on any atom is 0.454 e. The highest BCUT2D eigenvalue weighted by Gasteiger charge is 2.71. The summed E-state index contributed by atoms with van der Waals surface area (Å²) in [5.74, 6) is -5.63. The predicted molar refractivity (Wildman–Crippen MR) is 159 cm³/mol. The Morgan fingerprint density at radius 1 is 0.375 bits per heavy atom. The van der Waals surface area contributed by atoms with Gasteiger partial charge in [0.25, 0.3) is 0 Å². The van der Waals surface area contributed by atoms with Gasteiger partial charge in [-0.25, -0.2) is 0 Å². The maximum atomic E-state index is 15.6. The Hall–Kier alpha value is -4.64. The molecule has 0 radical (unpaired) electrons. The summed E-state index contributed by atoms with van der Waals surface area (Å²) in [6.07, 6.45) is -20.8. The molecule has 6 rings (SSSR count). The molecule has 0 spiro atoms. The van der Waals surface area contributed by atoms with E-state index in [1.165, 1.54) is 0 Å². The molecule has 0 unspecified atom stereocenters. The van der Waals surface area contributed by atoms with E-state index in [9.17, 15) is 52.7 Å². The standard InChI is InChI=1S/C33H24F14N6O3/c34-29(35,33(45,46)47)25(16-54-13-19-1-7-22(8-2-19)26(48-49-26)30(36,37)38,17-55-14-20-3-9-23(10-4-20)27(50-51-27)31(39,40)41)18-56-15-21-5-11-24(12-6-21)28(52-53-28)32(42,43)44/h1-12H,13-18H2. The van der Waals surface area contributed by atoms with Crippen molar-refractivity contribution in [3.05, 3.63) is 106 Å². The van der Waals surface area contributed by atoms with Crippen molar-refractivity contribution in [3.63, 3.8) is 0 Å². The van der Waals surface area contributed by atoms with Crippen LogP contribution in [0.3, 0.4) is 0 Å². The number of halogens is 14. The average molecular weight is 819 g/mol. The Labute approximate surface area is 305 Å². The van der Waals surface area contributed by atoms with Crippen LogP contribution in [0.4, 0.5) is 61.5 Å². The topological polar surface area (TPSA) is 102 Å². The predicted octanol–water partition coefficient (Wildman–Crippen LogP) is 10.4. The van der Waals surface area contributed by atoms with Crippen LogP contribution in [0, 0.1) is 5.41 Å². The Bertz CT molecular complexity index is 1750. The monoisotopic (exact) mass is 818 g/mol. The molecule has 0 aliphatic carbocycles. The first-order valence-corrected chi connectivity index (χ1v) is 15.9. The normalized spacial score (nSPS) is 18.3. The highest BCUT2D eigenvalue weighted by atomic mass is 19.4. The van der Waals surface area contributed by atoms with Gasteiger partial charge in [-0.15, -0.1) is 30.7 Å². The van der Waals surface area contributed by atoms with Crippen LogP contribution in [0.5, 0.6) is 0 Å². The average Bonchev–Trinajstić information content (AvgIpc) is 3.96. The van der Waals surface area contributed by atoms with E-state index in [0.29, 0.717) is 0 Å². The minimum Gasteiger partial charge on any atom is -0.376 e. The number of benzene rings is 3. The summed E-state index contributed by atoms with van der Waals surface area (Å²) < 4.78 is 210. The fraction of sp³-hybridized carbons (Fsp3) is 0.455. The number of rotatable bonds is 16. The number of hydrogen-bond donors (Lipinski definition) is 0. The van der Waals surface area contributed by atoms with Crippen molar-refractivity contribution in [1.29, 1.82) is 0 Å². The van der Waals surface area contributed by atoms with Crippen molar-refractivity contribution in [1.82, 2.24) is 0 Å². The summed E-state index contributed by atoms with van der Waals surface area (Å²) in [6.45, 7) is -6.40. The number of alkyl halides is 14. The van der Waals surface area contributed by atoms with Gasteiger partial charge in [0.2, 0.25) is 0 Å². The van der Waals surface area contributed by atoms with Crippen molar-refractivity contribution in [2.45, 2.75) is 67.4 Å². The second-order valence-electron chi connectivity index (χ2n) is 13.0. The van der Waals surface area contributed by atoms with E-state index in [-0.39, 0.29) is 16.7 Å². The van der Waals surface area contributed by atoms with E-state index >= 15 is 8.78 Å². The van der Waals surface area contributed by atoms with E-state index in [4.69, 9.17) is 14.2 Å². The largest absolute Gasteiger partial charge is 0.454 e. The third-order valence-electron chi connectivity index (χ3n) is 9.12. The highest BCUT2D eigenvalue weighted by Crippen LogP contribution is 2.55. The molecule has 0 bridgehead atoms. The minimum absolute atomic E-state index is 0.0505. The van der Waals surface area contributed by atoms with Gasteiger partial charge in [-0.1, -0.05) is 72.8 Å². The van der Waals surface area contributed by atoms with Crippen LogP contribution in [-0.4, -0.2) is 50.4 Å². The summed E-state index contributed by atoms with van der Waals surface area (Å²) in [5, 5.41) is 18.3. The number of hydrogen-bond acceptors (Lipinski definition) is 9. The molecule has 0 saturated heterocycles. The van der Waals surface area contributed by atoms with Gasteiger partial charge in [0.05, 0.1) is 39.6 Å². The third-order valence-corrected chi connectivity index (χ3v) is 9.12. The lowest BCUT2D eigenvalue weighted by atomic mass is 9.82. The van der Waals surface area contributed by atoms with E-state index in [1.54, 1.807) is 0 Å². The first kappa shape index (κ1) is 41.0. The second-order valence-corrected chi connectivity index (χ2v) is 13.0. The molecule has 0 N–H and O–H groups in total. The molecule has 302 valence electrons. The Kier molecular flexibility index (Phi) is 10.1. The quantitative estimate of drug-likeness (QED) is 0.135. The lowest BCUT2D eigenvalue weighted by Crippen LogP contribution is -2.59. The summed E-state index contributed by atoms with van der Waals surface area (Å²) in [6, 6.07) is 12.3. The van der Waals surface area contributed by atoms with Gasteiger partial charge in [-0.3, -0.25) is 0 Å². The lowest BCUT2D eigenvalue weighted by molar-refractivity contribution is -0.347.